The van der Waals surface area contributed by atoms with Crippen molar-refractivity contribution in [2.75, 3.05) is 13.1 Å². The van der Waals surface area contributed by atoms with Gasteiger partial charge < -0.3 is 14.2 Å². The lowest BCUT2D eigenvalue weighted by Crippen LogP contribution is -2.29. The van der Waals surface area contributed by atoms with Gasteiger partial charge in [-0.05, 0) is 37.6 Å². The smallest absolute Gasteiger partial charge is 0.416 e. The number of ether oxygens (including phenoxy) is 1. The SMILES string of the molecule is Cc1nccn1CCC(=O)N1CC[C@H](c2cc(COc3cccc(C(F)(F)F)c3)[nH]n2)C1. The Morgan fingerprint density at radius 2 is 2.16 bits per heavy atom. The number of nitrogens with zero attached hydrogens (tertiary/aromatic N) is 4. The lowest BCUT2D eigenvalue weighted by molar-refractivity contribution is -0.137. The molecule has 1 fully saturated rings. The van der Waals surface area contributed by atoms with Crippen molar-refractivity contribution >= 4 is 5.91 Å². The second kappa shape index (κ2) is 9.05. The normalized spacial score (nSPS) is 16.5. The van der Waals surface area contributed by atoms with Gasteiger partial charge >= 0.3 is 6.18 Å². The number of amides is 1. The highest BCUT2D eigenvalue weighted by Crippen LogP contribution is 2.31. The number of hydrogen-bond donors (Lipinski definition) is 1. The zero-order valence-corrected chi connectivity index (χ0v) is 17.6. The first kappa shape index (κ1) is 21.9. The molecular formula is C22H24F3N5O2. The summed E-state index contributed by atoms with van der Waals surface area (Å²) in [6.07, 6.45) is 0.402. The number of nitrogens with one attached hydrogen (secondary N) is 1. The van der Waals surface area contributed by atoms with Crippen LogP contribution in [0.15, 0.2) is 42.7 Å². The van der Waals surface area contributed by atoms with Gasteiger partial charge in [-0.3, -0.25) is 9.89 Å². The van der Waals surface area contributed by atoms with Crippen molar-refractivity contribution in [3.63, 3.8) is 0 Å². The van der Waals surface area contributed by atoms with Crippen LogP contribution in [-0.2, 0) is 24.1 Å². The maximum atomic E-state index is 12.8. The Hall–Kier alpha value is -3.30. The fraction of sp³-hybridized carbons (Fsp3) is 0.409. The summed E-state index contributed by atoms with van der Waals surface area (Å²) in [7, 11) is 0. The minimum Gasteiger partial charge on any atom is -0.487 e. The molecule has 32 heavy (non-hydrogen) atoms. The first-order valence-electron chi connectivity index (χ1n) is 10.4. The minimum absolute atomic E-state index is 0.0773. The van der Waals surface area contributed by atoms with E-state index in [1.54, 1.807) is 6.20 Å². The standard InChI is InChI=1S/C22H24F3N5O2/c1-15-26-7-10-29(15)9-6-21(31)30-8-5-16(13-30)20-12-18(27-28-20)14-32-19-4-2-3-17(11-19)22(23,24)25/h2-4,7,10-12,16H,5-6,8-9,13-14H2,1H3,(H,27,28)/t16-/m0/s1. The Balaban J connectivity index is 1.28. The van der Waals surface area contributed by atoms with Gasteiger partial charge in [0.1, 0.15) is 18.2 Å². The van der Waals surface area contributed by atoms with E-state index in [4.69, 9.17) is 4.74 Å². The van der Waals surface area contributed by atoms with Crippen molar-refractivity contribution in [2.45, 2.75) is 45.0 Å². The van der Waals surface area contributed by atoms with Gasteiger partial charge in [0, 0.05) is 44.4 Å². The molecular weight excluding hydrogens is 423 g/mol. The summed E-state index contributed by atoms with van der Waals surface area (Å²) in [4.78, 5) is 18.6. The van der Waals surface area contributed by atoms with E-state index in [2.05, 4.69) is 15.2 Å². The highest BCUT2D eigenvalue weighted by Gasteiger charge is 2.31. The molecule has 1 aliphatic heterocycles. The number of likely N-dealkylation sites (tertiary alicyclic amines) is 1. The number of carbonyl (C=O) groups excluding carboxylic acids is 1. The zero-order valence-electron chi connectivity index (χ0n) is 17.6. The predicted octanol–water partition coefficient (Wildman–Crippen LogP) is 3.92. The third kappa shape index (κ3) is 5.12. The summed E-state index contributed by atoms with van der Waals surface area (Å²) in [5.41, 5.74) is 0.741. The Morgan fingerprint density at radius 3 is 2.91 bits per heavy atom. The van der Waals surface area contributed by atoms with E-state index in [1.165, 1.54) is 12.1 Å². The third-order valence-electron chi connectivity index (χ3n) is 5.66. The number of H-pyrrole nitrogens is 1. The molecule has 1 amide bonds. The molecule has 0 saturated carbocycles. The van der Waals surface area contributed by atoms with Gasteiger partial charge in [-0.15, -0.1) is 0 Å². The number of aromatic nitrogens is 4. The van der Waals surface area contributed by atoms with Gasteiger partial charge in [-0.25, -0.2) is 4.98 Å². The molecule has 0 spiro atoms. The Kier molecular flexibility index (Phi) is 6.20. The van der Waals surface area contributed by atoms with Gasteiger partial charge in [0.05, 0.1) is 17.0 Å². The van der Waals surface area contributed by atoms with Crippen LogP contribution in [0.3, 0.4) is 0 Å². The van der Waals surface area contributed by atoms with Crippen LogP contribution in [0.1, 0.15) is 41.5 Å². The van der Waals surface area contributed by atoms with Crippen LogP contribution in [0, 0.1) is 6.92 Å². The predicted molar refractivity (Wildman–Crippen MR) is 110 cm³/mol. The molecule has 1 N–H and O–H groups in total. The molecule has 1 saturated heterocycles. The fourth-order valence-corrected chi connectivity index (χ4v) is 3.83. The average Bonchev–Trinajstić information content (AvgIpc) is 3.51. The summed E-state index contributed by atoms with van der Waals surface area (Å²) in [5.74, 6) is 1.24. The second-order valence-corrected chi connectivity index (χ2v) is 7.88. The van der Waals surface area contributed by atoms with Gasteiger partial charge in [0.2, 0.25) is 5.91 Å². The van der Waals surface area contributed by atoms with Gasteiger partial charge in [-0.2, -0.15) is 18.3 Å². The average molecular weight is 447 g/mol. The van der Waals surface area contributed by atoms with Crippen LogP contribution >= 0.6 is 0 Å². The monoisotopic (exact) mass is 447 g/mol. The van der Waals surface area contributed by atoms with Crippen molar-refractivity contribution < 1.29 is 22.7 Å². The molecule has 0 radical (unpaired) electrons. The van der Waals surface area contributed by atoms with Crippen LogP contribution < -0.4 is 4.74 Å². The number of rotatable bonds is 7. The van der Waals surface area contributed by atoms with E-state index < -0.39 is 11.7 Å². The molecule has 2 aromatic heterocycles. The first-order valence-corrected chi connectivity index (χ1v) is 10.4. The zero-order chi connectivity index (χ0) is 22.7. The van der Waals surface area contributed by atoms with Crippen molar-refractivity contribution in [3.8, 4) is 5.75 Å². The molecule has 3 aromatic rings. The fourth-order valence-electron chi connectivity index (χ4n) is 3.83. The second-order valence-electron chi connectivity index (χ2n) is 7.88. The van der Waals surface area contributed by atoms with E-state index in [0.29, 0.717) is 31.7 Å². The minimum atomic E-state index is -4.41. The van der Waals surface area contributed by atoms with E-state index in [0.717, 1.165) is 30.1 Å². The number of aryl methyl sites for hydroxylation is 2. The van der Waals surface area contributed by atoms with E-state index in [9.17, 15) is 18.0 Å². The van der Waals surface area contributed by atoms with Crippen molar-refractivity contribution in [1.82, 2.24) is 24.6 Å². The highest BCUT2D eigenvalue weighted by molar-refractivity contribution is 5.76. The largest absolute Gasteiger partial charge is 0.487 e. The molecule has 7 nitrogen and oxygen atoms in total. The molecule has 3 heterocycles. The van der Waals surface area contributed by atoms with Crippen molar-refractivity contribution in [1.29, 1.82) is 0 Å². The number of hydrogen-bond acceptors (Lipinski definition) is 4. The topological polar surface area (TPSA) is 76.0 Å². The number of carbonyl (C=O) groups is 1. The van der Waals surface area contributed by atoms with Gasteiger partial charge in [0.25, 0.3) is 0 Å². The highest BCUT2D eigenvalue weighted by atomic mass is 19.4. The van der Waals surface area contributed by atoms with Gasteiger partial charge in [-0.1, -0.05) is 6.07 Å². The summed E-state index contributed by atoms with van der Waals surface area (Å²) >= 11 is 0. The quantitative estimate of drug-likeness (QED) is 0.596. The summed E-state index contributed by atoms with van der Waals surface area (Å²) in [5, 5.41) is 7.20. The molecule has 1 aliphatic rings. The molecule has 0 unspecified atom stereocenters. The van der Waals surface area contributed by atoms with Gasteiger partial charge in [0.15, 0.2) is 0 Å². The Labute approximate surface area is 183 Å². The van der Waals surface area contributed by atoms with E-state index in [1.807, 2.05) is 28.7 Å². The molecule has 1 aromatic carbocycles. The van der Waals surface area contributed by atoms with Crippen LogP contribution in [0.25, 0.3) is 0 Å². The molecule has 0 bridgehead atoms. The van der Waals surface area contributed by atoms with Crippen molar-refractivity contribution in [2.24, 2.45) is 0 Å². The molecule has 1 atom stereocenters. The Bertz CT molecular complexity index is 1080. The summed E-state index contributed by atoms with van der Waals surface area (Å²) in [6, 6.07) is 6.63. The lowest BCUT2D eigenvalue weighted by Gasteiger charge is -2.16. The number of alkyl halides is 3. The van der Waals surface area contributed by atoms with Crippen LogP contribution in [0.2, 0.25) is 0 Å². The number of aromatic amines is 1. The summed E-state index contributed by atoms with van der Waals surface area (Å²) in [6.45, 7) is 3.86. The lowest BCUT2D eigenvalue weighted by atomic mass is 10.1. The molecule has 10 heteroatoms. The third-order valence-corrected chi connectivity index (χ3v) is 5.66. The number of halogens is 3. The van der Waals surface area contributed by atoms with Crippen LogP contribution in [0.5, 0.6) is 5.75 Å². The maximum Gasteiger partial charge on any atom is 0.416 e. The number of imidazole rings is 1. The summed E-state index contributed by atoms with van der Waals surface area (Å²) < 4.78 is 45.9. The van der Waals surface area contributed by atoms with Crippen molar-refractivity contribution in [3.05, 3.63) is 65.5 Å². The maximum absolute atomic E-state index is 12.8. The number of benzene rings is 1. The Morgan fingerprint density at radius 1 is 1.31 bits per heavy atom. The van der Waals surface area contributed by atoms with Crippen LogP contribution in [0.4, 0.5) is 13.2 Å². The molecule has 0 aliphatic carbocycles. The van der Waals surface area contributed by atoms with Crippen LogP contribution in [-0.4, -0.2) is 43.6 Å². The molecule has 170 valence electrons. The van der Waals surface area contributed by atoms with E-state index in [-0.39, 0.29) is 24.2 Å². The molecule has 4 rings (SSSR count). The first-order chi connectivity index (χ1) is 15.3. The van der Waals surface area contributed by atoms with E-state index >= 15 is 0 Å².